The first-order valence-electron chi connectivity index (χ1n) is 5.73. The maximum absolute atomic E-state index is 5.81. The molecule has 0 fully saturated rings. The van der Waals surface area contributed by atoms with E-state index in [2.05, 4.69) is 15.1 Å². The molecule has 1 aromatic carbocycles. The van der Waals surface area contributed by atoms with Crippen LogP contribution in [0.4, 0.5) is 0 Å². The van der Waals surface area contributed by atoms with Gasteiger partial charge in [0.1, 0.15) is 5.82 Å². The van der Waals surface area contributed by atoms with Gasteiger partial charge >= 0.3 is 0 Å². The summed E-state index contributed by atoms with van der Waals surface area (Å²) in [5, 5.41) is 4.49. The van der Waals surface area contributed by atoms with Gasteiger partial charge in [-0.05, 0) is 6.92 Å². The van der Waals surface area contributed by atoms with Crippen LogP contribution in [0.25, 0.3) is 16.9 Å². The van der Waals surface area contributed by atoms with Crippen molar-refractivity contribution in [3.8, 4) is 11.3 Å². The number of rotatable bonds is 2. The molecule has 4 nitrogen and oxygen atoms in total. The van der Waals surface area contributed by atoms with Crippen LogP contribution in [0.2, 0.25) is 0 Å². The Labute approximate surface area is 120 Å². The minimum absolute atomic E-state index is 0.396. The zero-order valence-electron chi connectivity index (χ0n) is 10.1. The summed E-state index contributed by atoms with van der Waals surface area (Å²) < 4.78 is 1.68. The predicted molar refractivity (Wildman–Crippen MR) is 75.4 cm³/mol. The molecule has 3 rings (SSSR count). The zero-order chi connectivity index (χ0) is 13.4. The topological polar surface area (TPSA) is 43.1 Å². The van der Waals surface area contributed by atoms with Gasteiger partial charge in [0.05, 0.1) is 5.69 Å². The van der Waals surface area contributed by atoms with Crippen molar-refractivity contribution >= 4 is 28.8 Å². The third kappa shape index (κ3) is 2.29. The molecule has 2 aromatic heterocycles. The van der Waals surface area contributed by atoms with Crippen LogP contribution < -0.4 is 0 Å². The standard InChI is InChI=1S/C13H10Cl2N4/c1-8-16-13(12(14)15)17-11-7-10(18-19(8)11)9-5-3-2-4-6-9/h2-7,12H,1H3. The number of alkyl halides is 2. The van der Waals surface area contributed by atoms with Gasteiger partial charge in [-0.15, -0.1) is 0 Å². The lowest BCUT2D eigenvalue weighted by Crippen LogP contribution is -2.04. The highest BCUT2D eigenvalue weighted by Gasteiger charge is 2.13. The van der Waals surface area contributed by atoms with Crippen molar-refractivity contribution in [3.63, 3.8) is 0 Å². The van der Waals surface area contributed by atoms with Gasteiger partial charge in [0.25, 0.3) is 0 Å². The van der Waals surface area contributed by atoms with Crippen LogP contribution in [0.5, 0.6) is 0 Å². The minimum atomic E-state index is -0.737. The lowest BCUT2D eigenvalue weighted by atomic mass is 10.2. The molecule has 96 valence electrons. The van der Waals surface area contributed by atoms with Gasteiger partial charge in [0.2, 0.25) is 0 Å². The maximum Gasteiger partial charge on any atom is 0.167 e. The number of nitrogens with zero attached hydrogens (tertiary/aromatic N) is 4. The van der Waals surface area contributed by atoms with Crippen molar-refractivity contribution in [2.75, 3.05) is 0 Å². The van der Waals surface area contributed by atoms with E-state index in [9.17, 15) is 0 Å². The second-order valence-corrected chi connectivity index (χ2v) is 5.19. The van der Waals surface area contributed by atoms with Crippen molar-refractivity contribution in [1.82, 2.24) is 19.6 Å². The minimum Gasteiger partial charge on any atom is -0.215 e. The van der Waals surface area contributed by atoms with Crippen molar-refractivity contribution in [2.45, 2.75) is 11.8 Å². The fraction of sp³-hybridized carbons (Fsp3) is 0.154. The number of aryl methyl sites for hydroxylation is 1. The van der Waals surface area contributed by atoms with Crippen molar-refractivity contribution in [3.05, 3.63) is 48.0 Å². The summed E-state index contributed by atoms with van der Waals surface area (Å²) in [7, 11) is 0. The number of hydrogen-bond acceptors (Lipinski definition) is 3. The van der Waals surface area contributed by atoms with Gasteiger partial charge in [-0.2, -0.15) is 5.10 Å². The predicted octanol–water partition coefficient (Wildman–Crippen LogP) is 3.58. The van der Waals surface area contributed by atoms with Crippen LogP contribution in [0.15, 0.2) is 36.4 Å². The molecule has 0 amide bonds. The Morgan fingerprint density at radius 2 is 1.84 bits per heavy atom. The third-order valence-corrected chi connectivity index (χ3v) is 3.16. The molecule has 3 aromatic rings. The van der Waals surface area contributed by atoms with E-state index >= 15 is 0 Å². The number of fused-ring (bicyclic) bond motifs is 1. The van der Waals surface area contributed by atoms with Gasteiger partial charge in [0, 0.05) is 11.6 Å². The van der Waals surface area contributed by atoms with Crippen LogP contribution in [-0.2, 0) is 0 Å². The van der Waals surface area contributed by atoms with Gasteiger partial charge in [0.15, 0.2) is 16.3 Å². The molecule has 0 aliphatic heterocycles. The largest absolute Gasteiger partial charge is 0.215 e. The van der Waals surface area contributed by atoms with Gasteiger partial charge in [-0.3, -0.25) is 0 Å². The fourth-order valence-corrected chi connectivity index (χ4v) is 2.09. The molecule has 0 atom stereocenters. The van der Waals surface area contributed by atoms with Gasteiger partial charge in [-0.25, -0.2) is 14.5 Å². The molecule has 0 saturated heterocycles. The molecule has 0 aliphatic carbocycles. The van der Waals surface area contributed by atoms with Crippen molar-refractivity contribution in [1.29, 1.82) is 0 Å². The Balaban J connectivity index is 2.18. The Kier molecular flexibility index (Phi) is 3.12. The molecule has 0 N–H and O–H groups in total. The lowest BCUT2D eigenvalue weighted by Gasteiger charge is -2.02. The Morgan fingerprint density at radius 3 is 2.53 bits per heavy atom. The smallest absolute Gasteiger partial charge is 0.167 e. The van der Waals surface area contributed by atoms with Crippen LogP contribution in [0, 0.1) is 6.92 Å². The Morgan fingerprint density at radius 1 is 1.11 bits per heavy atom. The number of halogens is 2. The van der Waals surface area contributed by atoms with Gasteiger partial charge in [-0.1, -0.05) is 53.5 Å². The average Bonchev–Trinajstić information content (AvgIpc) is 2.84. The van der Waals surface area contributed by atoms with E-state index in [1.54, 1.807) is 4.52 Å². The lowest BCUT2D eigenvalue weighted by molar-refractivity contribution is 0.812. The molecule has 0 spiro atoms. The molecule has 6 heteroatoms. The first-order valence-corrected chi connectivity index (χ1v) is 6.60. The Bertz CT molecular complexity index is 722. The summed E-state index contributed by atoms with van der Waals surface area (Å²) in [4.78, 5) is 7.80. The van der Waals surface area contributed by atoms with E-state index in [0.29, 0.717) is 17.3 Å². The van der Waals surface area contributed by atoms with E-state index in [4.69, 9.17) is 23.2 Å². The molecule has 0 radical (unpaired) electrons. The van der Waals surface area contributed by atoms with Crippen LogP contribution in [0.3, 0.4) is 0 Å². The highest BCUT2D eigenvalue weighted by molar-refractivity contribution is 6.43. The molecule has 19 heavy (non-hydrogen) atoms. The van der Waals surface area contributed by atoms with E-state index in [1.165, 1.54) is 0 Å². The molecule has 2 heterocycles. The second kappa shape index (κ2) is 4.79. The molecule has 0 unspecified atom stereocenters. The van der Waals surface area contributed by atoms with Crippen molar-refractivity contribution < 1.29 is 0 Å². The summed E-state index contributed by atoms with van der Waals surface area (Å²) in [5.74, 6) is 1.10. The molecule has 0 aliphatic rings. The number of aromatic nitrogens is 4. The van der Waals surface area contributed by atoms with Crippen LogP contribution in [-0.4, -0.2) is 19.6 Å². The van der Waals surface area contributed by atoms with E-state index in [1.807, 2.05) is 43.3 Å². The first-order chi connectivity index (χ1) is 9.15. The fourth-order valence-electron chi connectivity index (χ4n) is 1.89. The van der Waals surface area contributed by atoms with E-state index < -0.39 is 4.84 Å². The molecular weight excluding hydrogens is 283 g/mol. The Hall–Kier alpha value is -1.65. The zero-order valence-corrected chi connectivity index (χ0v) is 11.6. The van der Waals surface area contributed by atoms with Crippen LogP contribution in [0.1, 0.15) is 16.5 Å². The summed E-state index contributed by atoms with van der Waals surface area (Å²) in [6.07, 6.45) is 0. The quantitative estimate of drug-likeness (QED) is 0.678. The normalized spacial score (nSPS) is 11.4. The third-order valence-electron chi connectivity index (χ3n) is 2.77. The highest BCUT2D eigenvalue weighted by Crippen LogP contribution is 2.23. The first kappa shape index (κ1) is 12.4. The number of hydrogen-bond donors (Lipinski definition) is 0. The summed E-state index contributed by atoms with van der Waals surface area (Å²) in [5.41, 5.74) is 2.56. The molecular formula is C13H10Cl2N4. The molecule has 0 saturated carbocycles. The van der Waals surface area contributed by atoms with Crippen LogP contribution >= 0.6 is 23.2 Å². The average molecular weight is 293 g/mol. The van der Waals surface area contributed by atoms with E-state index in [0.717, 1.165) is 11.3 Å². The summed E-state index contributed by atoms with van der Waals surface area (Å²) in [6.45, 7) is 1.84. The van der Waals surface area contributed by atoms with Crippen molar-refractivity contribution in [2.24, 2.45) is 0 Å². The monoisotopic (exact) mass is 292 g/mol. The highest BCUT2D eigenvalue weighted by atomic mass is 35.5. The second-order valence-electron chi connectivity index (χ2n) is 4.10. The maximum atomic E-state index is 5.81. The van der Waals surface area contributed by atoms with Gasteiger partial charge < -0.3 is 0 Å². The molecule has 0 bridgehead atoms. The summed E-state index contributed by atoms with van der Waals surface area (Å²) >= 11 is 11.6. The SMILES string of the molecule is Cc1nc(C(Cl)Cl)nc2cc(-c3ccccc3)nn12. The summed E-state index contributed by atoms with van der Waals surface area (Å²) in [6, 6.07) is 11.8. The van der Waals surface area contributed by atoms with E-state index in [-0.39, 0.29) is 0 Å². The number of benzene rings is 1.